The number of hydrogen-bond acceptors (Lipinski definition) is 4. The van der Waals surface area contributed by atoms with Gasteiger partial charge in [0.15, 0.2) is 0 Å². The van der Waals surface area contributed by atoms with E-state index < -0.39 is 0 Å². The topological polar surface area (TPSA) is 60.0 Å². The minimum Gasteiger partial charge on any atom is -0.497 e. The molecular formula is C16H21N3O. The molecule has 0 fully saturated rings. The van der Waals surface area contributed by atoms with E-state index in [-0.39, 0.29) is 12.0 Å². The Kier molecular flexibility index (Phi) is 6.56. The summed E-state index contributed by atoms with van der Waals surface area (Å²) in [5, 5.41) is 17.7. The van der Waals surface area contributed by atoms with Gasteiger partial charge < -0.3 is 4.74 Å². The summed E-state index contributed by atoms with van der Waals surface area (Å²) < 4.78 is 5.15. The first-order valence-electron chi connectivity index (χ1n) is 6.73. The zero-order valence-corrected chi connectivity index (χ0v) is 12.3. The highest BCUT2D eigenvalue weighted by Gasteiger charge is 2.16. The van der Waals surface area contributed by atoms with Crippen LogP contribution in [0.4, 0.5) is 0 Å². The summed E-state index contributed by atoms with van der Waals surface area (Å²) >= 11 is 0. The summed E-state index contributed by atoms with van der Waals surface area (Å²) in [6, 6.07) is 12.6. The quantitative estimate of drug-likeness (QED) is 0.764. The molecule has 0 amide bonds. The van der Waals surface area contributed by atoms with Crippen molar-refractivity contribution in [1.82, 2.24) is 4.90 Å². The van der Waals surface area contributed by atoms with Crippen molar-refractivity contribution in [2.75, 3.05) is 20.7 Å². The number of nitrogens with zero attached hydrogens (tertiary/aromatic N) is 3. The Labute approximate surface area is 121 Å². The van der Waals surface area contributed by atoms with Crippen LogP contribution in [-0.4, -0.2) is 25.6 Å². The molecule has 4 nitrogen and oxygen atoms in total. The summed E-state index contributed by atoms with van der Waals surface area (Å²) in [6.45, 7) is 2.78. The fourth-order valence-corrected chi connectivity index (χ4v) is 2.08. The van der Waals surface area contributed by atoms with Crippen molar-refractivity contribution in [1.29, 1.82) is 10.5 Å². The Balaban J connectivity index is 2.63. The van der Waals surface area contributed by atoms with Crippen LogP contribution in [0.3, 0.4) is 0 Å². The Morgan fingerprint density at radius 2 is 1.90 bits per heavy atom. The highest BCUT2D eigenvalue weighted by Crippen LogP contribution is 2.22. The third kappa shape index (κ3) is 4.57. The SMILES string of the molecule is COc1ccc([C@H](C)N(C)C[C@@H](C#N)CCC#N)cc1. The molecule has 1 aromatic carbocycles. The lowest BCUT2D eigenvalue weighted by atomic mass is 10.0. The van der Waals surface area contributed by atoms with Crippen LogP contribution in [0.15, 0.2) is 24.3 Å². The molecule has 0 unspecified atom stereocenters. The first-order valence-corrected chi connectivity index (χ1v) is 6.73. The van der Waals surface area contributed by atoms with Crippen LogP contribution in [-0.2, 0) is 0 Å². The van der Waals surface area contributed by atoms with E-state index >= 15 is 0 Å². The summed E-state index contributed by atoms with van der Waals surface area (Å²) in [5.41, 5.74) is 1.19. The second-order valence-corrected chi connectivity index (χ2v) is 4.91. The molecule has 20 heavy (non-hydrogen) atoms. The van der Waals surface area contributed by atoms with Crippen molar-refractivity contribution in [3.8, 4) is 17.9 Å². The van der Waals surface area contributed by atoms with Gasteiger partial charge in [-0.15, -0.1) is 0 Å². The maximum absolute atomic E-state index is 9.12. The van der Waals surface area contributed by atoms with Crippen molar-refractivity contribution >= 4 is 0 Å². The first kappa shape index (κ1) is 16.0. The van der Waals surface area contributed by atoms with Gasteiger partial charge in [0.25, 0.3) is 0 Å². The van der Waals surface area contributed by atoms with Gasteiger partial charge in [-0.1, -0.05) is 12.1 Å². The summed E-state index contributed by atoms with van der Waals surface area (Å²) in [7, 11) is 3.66. The van der Waals surface area contributed by atoms with Gasteiger partial charge in [-0.05, 0) is 38.1 Å². The Bertz CT molecular complexity index is 484. The van der Waals surface area contributed by atoms with E-state index in [0.29, 0.717) is 19.4 Å². The normalized spacial score (nSPS) is 13.3. The largest absolute Gasteiger partial charge is 0.497 e. The summed E-state index contributed by atoms with van der Waals surface area (Å²) in [5.74, 6) is 0.743. The van der Waals surface area contributed by atoms with E-state index in [2.05, 4.69) is 24.0 Å². The summed E-state index contributed by atoms with van der Waals surface area (Å²) in [6.07, 6.45) is 1.07. The van der Waals surface area contributed by atoms with Crippen molar-refractivity contribution in [3.05, 3.63) is 29.8 Å². The molecule has 2 atom stereocenters. The minimum absolute atomic E-state index is 0.0969. The number of methoxy groups -OCH3 is 1. The van der Waals surface area contributed by atoms with Gasteiger partial charge in [0.2, 0.25) is 0 Å². The van der Waals surface area contributed by atoms with Crippen LogP contribution in [0.1, 0.15) is 31.4 Å². The number of nitriles is 2. The molecule has 0 aliphatic carbocycles. The monoisotopic (exact) mass is 271 g/mol. The third-order valence-electron chi connectivity index (χ3n) is 3.55. The van der Waals surface area contributed by atoms with E-state index in [4.69, 9.17) is 15.3 Å². The predicted octanol–water partition coefficient (Wildman–Crippen LogP) is 3.13. The van der Waals surface area contributed by atoms with Gasteiger partial charge in [0.05, 0.1) is 25.2 Å². The lowest BCUT2D eigenvalue weighted by Gasteiger charge is -2.26. The van der Waals surface area contributed by atoms with Gasteiger partial charge in [-0.3, -0.25) is 4.90 Å². The molecular weight excluding hydrogens is 250 g/mol. The van der Waals surface area contributed by atoms with Gasteiger partial charge in [0, 0.05) is 19.0 Å². The molecule has 4 heteroatoms. The zero-order chi connectivity index (χ0) is 15.0. The Morgan fingerprint density at radius 1 is 1.25 bits per heavy atom. The molecule has 0 saturated heterocycles. The first-order chi connectivity index (χ1) is 9.62. The lowest BCUT2D eigenvalue weighted by Crippen LogP contribution is -2.28. The third-order valence-corrected chi connectivity index (χ3v) is 3.55. The number of rotatable bonds is 7. The molecule has 0 bridgehead atoms. The average molecular weight is 271 g/mol. The van der Waals surface area contributed by atoms with Gasteiger partial charge in [0.1, 0.15) is 5.75 Å². The molecule has 0 aromatic heterocycles. The molecule has 1 rings (SSSR count). The smallest absolute Gasteiger partial charge is 0.118 e. The fourth-order valence-electron chi connectivity index (χ4n) is 2.08. The maximum atomic E-state index is 9.12. The van der Waals surface area contributed by atoms with Crippen LogP contribution >= 0.6 is 0 Å². The fraction of sp³-hybridized carbons (Fsp3) is 0.500. The van der Waals surface area contributed by atoms with E-state index in [1.807, 2.05) is 31.3 Å². The molecule has 0 aliphatic heterocycles. The molecule has 1 aromatic rings. The van der Waals surface area contributed by atoms with Crippen LogP contribution in [0.5, 0.6) is 5.75 Å². The number of benzene rings is 1. The molecule has 0 aliphatic rings. The van der Waals surface area contributed by atoms with E-state index in [1.165, 1.54) is 5.56 Å². The highest BCUT2D eigenvalue weighted by atomic mass is 16.5. The van der Waals surface area contributed by atoms with Crippen molar-refractivity contribution < 1.29 is 4.74 Å². The second-order valence-electron chi connectivity index (χ2n) is 4.91. The molecule has 0 radical (unpaired) electrons. The Hall–Kier alpha value is -2.04. The van der Waals surface area contributed by atoms with Crippen molar-refractivity contribution in [2.24, 2.45) is 5.92 Å². The standard InChI is InChI=1S/C16H21N3O/c1-13(15-6-8-16(20-3)9-7-15)19(2)12-14(11-18)5-4-10-17/h6-9,13-14H,4-5,12H2,1-3H3/t13-,14+/m0/s1. The van der Waals surface area contributed by atoms with Gasteiger partial charge in [-0.25, -0.2) is 0 Å². The second kappa shape index (κ2) is 8.19. The van der Waals surface area contributed by atoms with E-state index in [0.717, 1.165) is 5.75 Å². The van der Waals surface area contributed by atoms with Gasteiger partial charge in [-0.2, -0.15) is 10.5 Å². The van der Waals surface area contributed by atoms with E-state index in [9.17, 15) is 0 Å². The van der Waals surface area contributed by atoms with Crippen LogP contribution in [0.2, 0.25) is 0 Å². The average Bonchev–Trinajstić information content (AvgIpc) is 2.50. The predicted molar refractivity (Wildman–Crippen MR) is 78.0 cm³/mol. The maximum Gasteiger partial charge on any atom is 0.118 e. The Morgan fingerprint density at radius 3 is 2.40 bits per heavy atom. The molecule has 106 valence electrons. The molecule has 0 heterocycles. The highest BCUT2D eigenvalue weighted by molar-refractivity contribution is 5.28. The lowest BCUT2D eigenvalue weighted by molar-refractivity contribution is 0.235. The van der Waals surface area contributed by atoms with Gasteiger partial charge >= 0.3 is 0 Å². The van der Waals surface area contributed by atoms with Crippen LogP contribution in [0, 0.1) is 28.6 Å². The van der Waals surface area contributed by atoms with Crippen LogP contribution < -0.4 is 4.74 Å². The van der Waals surface area contributed by atoms with E-state index in [1.54, 1.807) is 7.11 Å². The number of ether oxygens (including phenoxy) is 1. The molecule has 0 saturated carbocycles. The molecule has 0 N–H and O–H groups in total. The van der Waals surface area contributed by atoms with Crippen LogP contribution in [0.25, 0.3) is 0 Å². The number of hydrogen-bond donors (Lipinski definition) is 0. The molecule has 0 spiro atoms. The van der Waals surface area contributed by atoms with Crippen molar-refractivity contribution in [2.45, 2.75) is 25.8 Å². The van der Waals surface area contributed by atoms with Crippen molar-refractivity contribution in [3.63, 3.8) is 0 Å². The minimum atomic E-state index is -0.0969. The summed E-state index contributed by atoms with van der Waals surface area (Å²) in [4.78, 5) is 2.15. The zero-order valence-electron chi connectivity index (χ0n) is 12.3.